The minimum absolute atomic E-state index is 0.222. The molecule has 0 radical (unpaired) electrons. The summed E-state index contributed by atoms with van der Waals surface area (Å²) in [4.78, 5) is 4.59. The van der Waals surface area contributed by atoms with Crippen molar-refractivity contribution in [1.29, 1.82) is 0 Å². The number of nitrogens with two attached hydrogens (primary N) is 1. The van der Waals surface area contributed by atoms with Crippen molar-refractivity contribution >= 4 is 0 Å². The van der Waals surface area contributed by atoms with Crippen molar-refractivity contribution in [2.45, 2.75) is 70.1 Å². The number of aromatic nitrogens is 2. The first-order valence-electron chi connectivity index (χ1n) is 7.38. The summed E-state index contributed by atoms with van der Waals surface area (Å²) in [6.07, 6.45) is 10.0. The van der Waals surface area contributed by atoms with E-state index in [0.29, 0.717) is 12.5 Å². The maximum atomic E-state index is 5.72. The third kappa shape index (κ3) is 3.31. The molecule has 4 heteroatoms. The van der Waals surface area contributed by atoms with Crippen LogP contribution in [0.2, 0.25) is 0 Å². The molecule has 0 spiro atoms. The number of rotatable bonds is 4. The van der Waals surface area contributed by atoms with Gasteiger partial charge in [0.15, 0.2) is 5.82 Å². The first kappa shape index (κ1) is 13.5. The summed E-state index contributed by atoms with van der Waals surface area (Å²) < 4.78 is 5.39. The Morgan fingerprint density at radius 3 is 2.50 bits per heavy atom. The second-order valence-electron chi connectivity index (χ2n) is 5.37. The molecular weight excluding hydrogens is 226 g/mol. The highest BCUT2D eigenvalue weighted by molar-refractivity contribution is 4.99. The van der Waals surface area contributed by atoms with Gasteiger partial charge in [0.2, 0.25) is 5.89 Å². The van der Waals surface area contributed by atoms with Gasteiger partial charge in [-0.2, -0.15) is 4.98 Å². The molecule has 102 valence electrons. The van der Waals surface area contributed by atoms with Gasteiger partial charge in [0.05, 0.1) is 5.92 Å². The van der Waals surface area contributed by atoms with Crippen LogP contribution >= 0.6 is 0 Å². The maximum Gasteiger partial charge on any atom is 0.231 e. The Bertz CT molecular complexity index is 339. The SMILES string of the molecule is CCC(CN)c1nc(C2CCCCCCC2)no1. The van der Waals surface area contributed by atoms with Gasteiger partial charge in [-0.3, -0.25) is 0 Å². The Morgan fingerprint density at radius 2 is 1.89 bits per heavy atom. The molecule has 1 saturated carbocycles. The van der Waals surface area contributed by atoms with E-state index >= 15 is 0 Å². The molecule has 1 atom stereocenters. The smallest absolute Gasteiger partial charge is 0.231 e. The molecule has 2 N–H and O–H groups in total. The topological polar surface area (TPSA) is 64.9 Å². The average molecular weight is 251 g/mol. The molecule has 0 bridgehead atoms. The van der Waals surface area contributed by atoms with E-state index in [2.05, 4.69) is 17.1 Å². The van der Waals surface area contributed by atoms with Crippen LogP contribution in [0.1, 0.15) is 81.8 Å². The van der Waals surface area contributed by atoms with Crippen LogP contribution in [0.5, 0.6) is 0 Å². The predicted octanol–water partition coefficient (Wildman–Crippen LogP) is 3.35. The third-order valence-corrected chi connectivity index (χ3v) is 4.05. The first-order valence-corrected chi connectivity index (χ1v) is 7.38. The minimum Gasteiger partial charge on any atom is -0.339 e. The lowest BCUT2D eigenvalue weighted by Gasteiger charge is -2.15. The number of hydrogen-bond acceptors (Lipinski definition) is 4. The highest BCUT2D eigenvalue weighted by Gasteiger charge is 2.21. The van der Waals surface area contributed by atoms with E-state index in [9.17, 15) is 0 Å². The van der Waals surface area contributed by atoms with Gasteiger partial charge in [-0.25, -0.2) is 0 Å². The third-order valence-electron chi connectivity index (χ3n) is 4.05. The van der Waals surface area contributed by atoms with Gasteiger partial charge in [0, 0.05) is 12.5 Å². The standard InChI is InChI=1S/C14H25N3O/c1-2-11(10-15)14-16-13(17-18-14)12-8-6-4-3-5-7-9-12/h11-12H,2-10,15H2,1H3. The lowest BCUT2D eigenvalue weighted by Crippen LogP contribution is -2.12. The van der Waals surface area contributed by atoms with E-state index in [1.54, 1.807) is 0 Å². The molecule has 4 nitrogen and oxygen atoms in total. The first-order chi connectivity index (χ1) is 8.85. The summed E-state index contributed by atoms with van der Waals surface area (Å²) >= 11 is 0. The molecular formula is C14H25N3O. The fourth-order valence-electron chi connectivity index (χ4n) is 2.74. The fraction of sp³-hybridized carbons (Fsp3) is 0.857. The maximum absolute atomic E-state index is 5.72. The highest BCUT2D eigenvalue weighted by atomic mass is 16.5. The van der Waals surface area contributed by atoms with Gasteiger partial charge in [-0.1, -0.05) is 44.2 Å². The van der Waals surface area contributed by atoms with E-state index < -0.39 is 0 Å². The van der Waals surface area contributed by atoms with Crippen LogP contribution in [0.15, 0.2) is 4.52 Å². The van der Waals surface area contributed by atoms with Crippen LogP contribution in [0.4, 0.5) is 0 Å². The average Bonchev–Trinajstić information content (AvgIpc) is 2.80. The van der Waals surface area contributed by atoms with E-state index in [1.165, 1.54) is 44.9 Å². The zero-order valence-corrected chi connectivity index (χ0v) is 11.4. The van der Waals surface area contributed by atoms with Crippen molar-refractivity contribution in [2.75, 3.05) is 6.54 Å². The lowest BCUT2D eigenvalue weighted by atomic mass is 9.91. The quantitative estimate of drug-likeness (QED) is 0.891. The van der Waals surface area contributed by atoms with Crippen molar-refractivity contribution in [2.24, 2.45) is 5.73 Å². The molecule has 0 aromatic carbocycles. The summed E-state index contributed by atoms with van der Waals surface area (Å²) in [5.74, 6) is 2.37. The Balaban J connectivity index is 2.03. The molecule has 2 rings (SSSR count). The fourth-order valence-corrected chi connectivity index (χ4v) is 2.74. The highest BCUT2D eigenvalue weighted by Crippen LogP contribution is 2.30. The van der Waals surface area contributed by atoms with Crippen molar-refractivity contribution in [3.05, 3.63) is 11.7 Å². The van der Waals surface area contributed by atoms with Crippen molar-refractivity contribution in [1.82, 2.24) is 10.1 Å². The summed E-state index contributed by atoms with van der Waals surface area (Å²) in [7, 11) is 0. The van der Waals surface area contributed by atoms with Gasteiger partial charge in [-0.05, 0) is 19.3 Å². The monoisotopic (exact) mass is 251 g/mol. The van der Waals surface area contributed by atoms with Gasteiger partial charge < -0.3 is 10.3 Å². The Kier molecular flexibility index (Phi) is 5.17. The van der Waals surface area contributed by atoms with Gasteiger partial charge >= 0.3 is 0 Å². The van der Waals surface area contributed by atoms with E-state index in [4.69, 9.17) is 10.3 Å². The second kappa shape index (κ2) is 6.88. The summed E-state index contributed by atoms with van der Waals surface area (Å²) in [5.41, 5.74) is 5.72. The lowest BCUT2D eigenvalue weighted by molar-refractivity contribution is 0.341. The van der Waals surface area contributed by atoms with Gasteiger partial charge in [-0.15, -0.1) is 0 Å². The summed E-state index contributed by atoms with van der Waals surface area (Å²) in [6, 6.07) is 0. The molecule has 1 aromatic rings. The van der Waals surface area contributed by atoms with E-state index in [-0.39, 0.29) is 5.92 Å². The van der Waals surface area contributed by atoms with E-state index in [1.807, 2.05) is 0 Å². The Morgan fingerprint density at radius 1 is 1.22 bits per heavy atom. The van der Waals surface area contributed by atoms with Gasteiger partial charge in [0.1, 0.15) is 0 Å². The molecule has 1 aromatic heterocycles. The van der Waals surface area contributed by atoms with Crippen LogP contribution in [-0.2, 0) is 0 Å². The second-order valence-corrected chi connectivity index (χ2v) is 5.37. The zero-order chi connectivity index (χ0) is 12.8. The van der Waals surface area contributed by atoms with Crippen LogP contribution in [0.25, 0.3) is 0 Å². The van der Waals surface area contributed by atoms with Crippen molar-refractivity contribution in [3.63, 3.8) is 0 Å². The van der Waals surface area contributed by atoms with Crippen molar-refractivity contribution < 1.29 is 4.52 Å². The van der Waals surface area contributed by atoms with Crippen LogP contribution < -0.4 is 5.73 Å². The van der Waals surface area contributed by atoms with Crippen LogP contribution in [-0.4, -0.2) is 16.7 Å². The van der Waals surface area contributed by atoms with Gasteiger partial charge in [0.25, 0.3) is 0 Å². The normalized spacial score (nSPS) is 20.3. The molecule has 1 fully saturated rings. The molecule has 0 amide bonds. The van der Waals surface area contributed by atoms with Crippen LogP contribution in [0, 0.1) is 0 Å². The molecule has 1 aliphatic rings. The molecule has 1 unspecified atom stereocenters. The van der Waals surface area contributed by atoms with Crippen LogP contribution in [0.3, 0.4) is 0 Å². The molecule has 0 aliphatic heterocycles. The minimum atomic E-state index is 0.222. The summed E-state index contributed by atoms with van der Waals surface area (Å²) in [6.45, 7) is 2.69. The molecule has 0 saturated heterocycles. The van der Waals surface area contributed by atoms with E-state index in [0.717, 1.165) is 18.1 Å². The Labute approximate surface area is 109 Å². The largest absolute Gasteiger partial charge is 0.339 e. The predicted molar refractivity (Wildman–Crippen MR) is 71.4 cm³/mol. The number of nitrogens with zero attached hydrogens (tertiary/aromatic N) is 2. The molecule has 18 heavy (non-hydrogen) atoms. The summed E-state index contributed by atoms with van der Waals surface area (Å²) in [5, 5.41) is 4.19. The molecule has 1 heterocycles. The Hall–Kier alpha value is -0.900. The number of hydrogen-bond donors (Lipinski definition) is 1. The zero-order valence-electron chi connectivity index (χ0n) is 11.4. The molecule has 1 aliphatic carbocycles. The van der Waals surface area contributed by atoms with Crippen molar-refractivity contribution in [3.8, 4) is 0 Å².